The molecule has 0 rings (SSSR count). The number of rotatable bonds is 5. The number of hydrogen-bond acceptors (Lipinski definition) is 3. The van der Waals surface area contributed by atoms with Crippen LogP contribution in [0.3, 0.4) is 0 Å². The molecule has 100 valence electrons. The molecule has 5 heteroatoms. The summed E-state index contributed by atoms with van der Waals surface area (Å²) in [6.45, 7) is 6.93. The van der Waals surface area contributed by atoms with Gasteiger partial charge in [0.2, 0.25) is 11.8 Å². The van der Waals surface area contributed by atoms with Gasteiger partial charge in [0, 0.05) is 39.6 Å². The van der Waals surface area contributed by atoms with Crippen molar-refractivity contribution in [3.05, 3.63) is 0 Å². The second kappa shape index (κ2) is 6.59. The van der Waals surface area contributed by atoms with Crippen molar-refractivity contribution in [2.24, 2.45) is 0 Å². The Morgan fingerprint density at radius 2 is 1.59 bits per heavy atom. The van der Waals surface area contributed by atoms with Crippen LogP contribution in [0.15, 0.2) is 0 Å². The Hall–Kier alpha value is -1.10. The van der Waals surface area contributed by atoms with E-state index in [1.807, 2.05) is 0 Å². The third kappa shape index (κ3) is 7.74. The lowest BCUT2D eigenvalue weighted by Gasteiger charge is -2.22. The van der Waals surface area contributed by atoms with Crippen molar-refractivity contribution in [2.45, 2.75) is 32.7 Å². The summed E-state index contributed by atoms with van der Waals surface area (Å²) in [7, 11) is 5.02. The van der Waals surface area contributed by atoms with Gasteiger partial charge in [0.1, 0.15) is 0 Å². The highest BCUT2D eigenvalue weighted by Crippen LogP contribution is 1.99. The first-order chi connectivity index (χ1) is 7.63. The molecule has 0 fully saturated rings. The molecule has 0 saturated heterocycles. The van der Waals surface area contributed by atoms with E-state index in [4.69, 9.17) is 0 Å². The van der Waals surface area contributed by atoms with E-state index in [1.54, 1.807) is 21.1 Å². The molecule has 0 bridgehead atoms. The van der Waals surface area contributed by atoms with Crippen LogP contribution >= 0.6 is 0 Å². The molecule has 0 aliphatic heterocycles. The molecule has 5 nitrogen and oxygen atoms in total. The van der Waals surface area contributed by atoms with Gasteiger partial charge in [0.15, 0.2) is 0 Å². The Bertz CT molecular complexity index is 269. The minimum Gasteiger partial charge on any atom is -0.347 e. The van der Waals surface area contributed by atoms with E-state index in [0.717, 1.165) is 0 Å². The third-order valence-corrected chi connectivity index (χ3v) is 2.29. The summed E-state index contributed by atoms with van der Waals surface area (Å²) in [5, 5.41) is 3.24. The minimum absolute atomic E-state index is 0.0122. The third-order valence-electron chi connectivity index (χ3n) is 2.29. The van der Waals surface area contributed by atoms with Crippen LogP contribution in [0.25, 0.3) is 0 Å². The van der Waals surface area contributed by atoms with Crippen LogP contribution in [0.5, 0.6) is 0 Å². The molecular weight excluding hydrogens is 218 g/mol. The number of carbonyl (C=O) groups excluding carboxylic acids is 2. The first-order valence-corrected chi connectivity index (χ1v) is 5.82. The fourth-order valence-corrected chi connectivity index (χ4v) is 1.17. The standard InChI is InChI=1S/C12H25N3O2/c1-12(2,3)13-8-7-10(16)15(6)9-11(17)14(4)5/h13H,7-9H2,1-6H3. The smallest absolute Gasteiger partial charge is 0.241 e. The fraction of sp³-hybridized carbons (Fsp3) is 0.833. The van der Waals surface area contributed by atoms with Crippen LogP contribution in [0.2, 0.25) is 0 Å². The topological polar surface area (TPSA) is 52.7 Å². The van der Waals surface area contributed by atoms with Gasteiger partial charge in [-0.1, -0.05) is 0 Å². The summed E-state index contributed by atoms with van der Waals surface area (Å²) < 4.78 is 0. The van der Waals surface area contributed by atoms with Gasteiger partial charge in [-0.05, 0) is 20.8 Å². The maximum atomic E-state index is 11.7. The number of hydrogen-bond donors (Lipinski definition) is 1. The molecule has 0 aliphatic rings. The maximum Gasteiger partial charge on any atom is 0.241 e. The summed E-state index contributed by atoms with van der Waals surface area (Å²) in [6, 6.07) is 0. The lowest BCUT2D eigenvalue weighted by atomic mass is 10.1. The largest absolute Gasteiger partial charge is 0.347 e. The lowest BCUT2D eigenvalue weighted by Crippen LogP contribution is -2.41. The zero-order chi connectivity index (χ0) is 13.6. The van der Waals surface area contributed by atoms with E-state index < -0.39 is 0 Å². The van der Waals surface area contributed by atoms with Gasteiger partial charge in [-0.2, -0.15) is 0 Å². The molecule has 0 saturated carbocycles. The zero-order valence-electron chi connectivity index (χ0n) is 11.8. The van der Waals surface area contributed by atoms with Crippen molar-refractivity contribution in [3.63, 3.8) is 0 Å². The lowest BCUT2D eigenvalue weighted by molar-refractivity contribution is -0.137. The first-order valence-electron chi connectivity index (χ1n) is 5.82. The van der Waals surface area contributed by atoms with Crippen LogP contribution in [-0.4, -0.2) is 61.4 Å². The van der Waals surface area contributed by atoms with Crippen LogP contribution in [0.1, 0.15) is 27.2 Å². The molecule has 0 aromatic rings. The number of likely N-dealkylation sites (N-methyl/N-ethyl adjacent to an activating group) is 2. The van der Waals surface area contributed by atoms with Crippen molar-refractivity contribution >= 4 is 11.8 Å². The molecule has 0 aromatic heterocycles. The second-order valence-electron chi connectivity index (χ2n) is 5.46. The van der Waals surface area contributed by atoms with Gasteiger partial charge in [-0.15, -0.1) is 0 Å². The van der Waals surface area contributed by atoms with Crippen LogP contribution < -0.4 is 5.32 Å². The van der Waals surface area contributed by atoms with Gasteiger partial charge in [0.25, 0.3) is 0 Å². The number of nitrogens with one attached hydrogen (secondary N) is 1. The van der Waals surface area contributed by atoms with E-state index >= 15 is 0 Å². The van der Waals surface area contributed by atoms with Crippen molar-refractivity contribution in [2.75, 3.05) is 34.2 Å². The molecule has 17 heavy (non-hydrogen) atoms. The fourth-order valence-electron chi connectivity index (χ4n) is 1.17. The molecule has 0 spiro atoms. The van der Waals surface area contributed by atoms with Crippen LogP contribution in [0.4, 0.5) is 0 Å². The van der Waals surface area contributed by atoms with Gasteiger partial charge in [-0.25, -0.2) is 0 Å². The normalized spacial score (nSPS) is 11.2. The molecule has 1 N–H and O–H groups in total. The average Bonchev–Trinajstić information content (AvgIpc) is 2.15. The predicted octanol–water partition coefficient (Wildman–Crippen LogP) is 0.311. The Balaban J connectivity index is 3.95. The summed E-state index contributed by atoms with van der Waals surface area (Å²) >= 11 is 0. The van der Waals surface area contributed by atoms with E-state index in [1.165, 1.54) is 9.80 Å². The van der Waals surface area contributed by atoms with Crippen molar-refractivity contribution in [1.82, 2.24) is 15.1 Å². The first kappa shape index (κ1) is 15.9. The maximum absolute atomic E-state index is 11.7. The summed E-state index contributed by atoms with van der Waals surface area (Å²) in [4.78, 5) is 26.1. The highest BCUT2D eigenvalue weighted by molar-refractivity contribution is 5.84. The molecule has 0 aliphatic carbocycles. The summed E-state index contributed by atoms with van der Waals surface area (Å²) in [5.74, 6) is -0.0819. The highest BCUT2D eigenvalue weighted by atomic mass is 16.2. The summed E-state index contributed by atoms with van der Waals surface area (Å²) in [5.41, 5.74) is 0.0122. The number of carbonyl (C=O) groups is 2. The monoisotopic (exact) mass is 243 g/mol. The number of amides is 2. The summed E-state index contributed by atoms with van der Waals surface area (Å²) in [6.07, 6.45) is 0.411. The van der Waals surface area contributed by atoms with E-state index in [2.05, 4.69) is 26.1 Å². The Kier molecular flexibility index (Phi) is 6.16. The Labute approximate surface area is 104 Å². The van der Waals surface area contributed by atoms with Crippen LogP contribution in [0, 0.1) is 0 Å². The van der Waals surface area contributed by atoms with Crippen LogP contribution in [-0.2, 0) is 9.59 Å². The molecular formula is C12H25N3O2. The Morgan fingerprint density at radius 1 is 1.06 bits per heavy atom. The van der Waals surface area contributed by atoms with Gasteiger partial charge in [-0.3, -0.25) is 9.59 Å². The SMILES string of the molecule is CN(C)C(=O)CN(C)C(=O)CCNC(C)(C)C. The van der Waals surface area contributed by atoms with Gasteiger partial charge >= 0.3 is 0 Å². The van der Waals surface area contributed by atoms with E-state index in [0.29, 0.717) is 13.0 Å². The molecule has 0 heterocycles. The minimum atomic E-state index is -0.0652. The predicted molar refractivity (Wildman–Crippen MR) is 68.7 cm³/mol. The second-order valence-corrected chi connectivity index (χ2v) is 5.46. The van der Waals surface area contributed by atoms with Crippen molar-refractivity contribution < 1.29 is 9.59 Å². The van der Waals surface area contributed by atoms with E-state index in [-0.39, 0.29) is 23.9 Å². The molecule has 0 aromatic carbocycles. The average molecular weight is 243 g/mol. The molecule has 0 atom stereocenters. The molecule has 0 unspecified atom stereocenters. The quantitative estimate of drug-likeness (QED) is 0.756. The number of nitrogens with zero attached hydrogens (tertiary/aromatic N) is 2. The van der Waals surface area contributed by atoms with Gasteiger partial charge < -0.3 is 15.1 Å². The highest BCUT2D eigenvalue weighted by Gasteiger charge is 2.15. The Morgan fingerprint density at radius 3 is 2.00 bits per heavy atom. The molecule has 0 radical (unpaired) electrons. The zero-order valence-corrected chi connectivity index (χ0v) is 11.8. The molecule has 2 amide bonds. The van der Waals surface area contributed by atoms with Gasteiger partial charge in [0.05, 0.1) is 6.54 Å². The van der Waals surface area contributed by atoms with Crippen molar-refractivity contribution in [1.29, 1.82) is 0 Å². The van der Waals surface area contributed by atoms with E-state index in [9.17, 15) is 9.59 Å². The van der Waals surface area contributed by atoms with Crippen molar-refractivity contribution in [3.8, 4) is 0 Å².